The number of rotatable bonds is 6. The summed E-state index contributed by atoms with van der Waals surface area (Å²) in [6.45, 7) is 4.82. The van der Waals surface area contributed by atoms with Crippen molar-refractivity contribution in [3.8, 4) is 5.75 Å². The first kappa shape index (κ1) is 24.8. The first-order valence-corrected chi connectivity index (χ1v) is 13.0. The van der Waals surface area contributed by atoms with Gasteiger partial charge in [0.25, 0.3) is 0 Å². The Morgan fingerprint density at radius 3 is 2.58 bits per heavy atom. The zero-order valence-electron chi connectivity index (χ0n) is 20.9. The van der Waals surface area contributed by atoms with Crippen LogP contribution in [0.1, 0.15) is 44.2 Å². The minimum atomic E-state index is -0.301. The van der Waals surface area contributed by atoms with Crippen LogP contribution in [0.5, 0.6) is 5.75 Å². The number of carbonyl (C=O) groups excluding carboxylic acids is 2. The third-order valence-electron chi connectivity index (χ3n) is 8.00. The largest absolute Gasteiger partial charge is 0.508 e. The number of fused-ring (bicyclic) bond motifs is 3. The molecule has 0 spiro atoms. The number of phenols is 1. The van der Waals surface area contributed by atoms with Gasteiger partial charge < -0.3 is 9.84 Å². The molecule has 2 aromatic carbocycles. The van der Waals surface area contributed by atoms with Gasteiger partial charge in [0, 0.05) is 13.0 Å². The number of allylic oxidation sites excluding steroid dienone is 2. The second-order valence-corrected chi connectivity index (χ2v) is 10.8. The van der Waals surface area contributed by atoms with Crippen LogP contribution in [0.3, 0.4) is 0 Å². The van der Waals surface area contributed by atoms with Crippen LogP contribution >= 0.6 is 11.6 Å². The number of aromatic hydroxyl groups is 1. The van der Waals surface area contributed by atoms with Gasteiger partial charge >= 0.3 is 0 Å². The van der Waals surface area contributed by atoms with Gasteiger partial charge in [-0.15, -0.1) is 0 Å². The van der Waals surface area contributed by atoms with Crippen molar-refractivity contribution in [3.63, 3.8) is 0 Å². The molecule has 1 aliphatic carbocycles. The van der Waals surface area contributed by atoms with Crippen LogP contribution in [-0.2, 0) is 14.3 Å². The molecular weight excluding hydrogens is 474 g/mol. The number of carbonyl (C=O) groups is 2. The molecule has 0 bridgehead atoms. The van der Waals surface area contributed by atoms with E-state index in [0.717, 1.165) is 29.5 Å². The summed E-state index contributed by atoms with van der Waals surface area (Å²) in [6.07, 6.45) is 4.17. The fourth-order valence-corrected chi connectivity index (χ4v) is 6.41. The Bertz CT molecular complexity index is 1250. The molecular formula is C30H32ClNO4. The van der Waals surface area contributed by atoms with Crippen LogP contribution < -0.4 is 0 Å². The fourth-order valence-electron chi connectivity index (χ4n) is 6.18. The highest BCUT2D eigenvalue weighted by molar-refractivity contribution is 6.32. The second-order valence-electron chi connectivity index (χ2n) is 10.4. The van der Waals surface area contributed by atoms with Crippen LogP contribution in [0.4, 0.5) is 0 Å². The van der Waals surface area contributed by atoms with E-state index in [1.165, 1.54) is 16.0 Å². The normalized spacial score (nSPS) is 26.1. The molecule has 36 heavy (non-hydrogen) atoms. The molecule has 6 heteroatoms. The fraction of sp³-hybridized carbons (Fsp3) is 0.400. The van der Waals surface area contributed by atoms with Crippen LogP contribution in [-0.4, -0.2) is 41.6 Å². The molecule has 4 atom stereocenters. The quantitative estimate of drug-likeness (QED) is 0.298. The van der Waals surface area contributed by atoms with Gasteiger partial charge in [-0.25, -0.2) is 0 Å². The van der Waals surface area contributed by atoms with Gasteiger partial charge in [0.05, 0.1) is 29.6 Å². The Hall–Kier alpha value is -2.89. The summed E-state index contributed by atoms with van der Waals surface area (Å²) in [5, 5.41) is 10.3. The van der Waals surface area contributed by atoms with Crippen LogP contribution in [0.15, 0.2) is 59.7 Å². The minimum absolute atomic E-state index is 0.0248. The van der Waals surface area contributed by atoms with Crippen molar-refractivity contribution in [1.29, 1.82) is 0 Å². The Morgan fingerprint density at radius 1 is 1.14 bits per heavy atom. The number of phenolic OH excluding ortho intramolecular Hbond substituents is 1. The molecule has 0 aromatic heterocycles. The van der Waals surface area contributed by atoms with Gasteiger partial charge in [0.15, 0.2) is 0 Å². The Labute approximate surface area is 217 Å². The number of hydrogen-bond acceptors (Lipinski definition) is 4. The van der Waals surface area contributed by atoms with E-state index in [2.05, 4.69) is 32.1 Å². The Morgan fingerprint density at radius 2 is 1.89 bits per heavy atom. The summed E-state index contributed by atoms with van der Waals surface area (Å²) in [5.74, 6) is -0.266. The first-order chi connectivity index (χ1) is 17.3. The number of likely N-dealkylation sites (tertiary alicyclic amines) is 1. The smallest absolute Gasteiger partial charge is 0.233 e. The average molecular weight is 506 g/mol. The van der Waals surface area contributed by atoms with Crippen molar-refractivity contribution >= 4 is 35.1 Å². The maximum Gasteiger partial charge on any atom is 0.233 e. The lowest BCUT2D eigenvalue weighted by Gasteiger charge is -2.33. The van der Waals surface area contributed by atoms with Crippen molar-refractivity contribution in [3.05, 3.63) is 75.8 Å². The molecule has 188 valence electrons. The minimum Gasteiger partial charge on any atom is -0.508 e. The lowest BCUT2D eigenvalue weighted by Crippen LogP contribution is -2.34. The highest BCUT2D eigenvalue weighted by Gasteiger charge is 2.56. The Balaban J connectivity index is 1.45. The number of hydrogen-bond donors (Lipinski definition) is 1. The molecule has 1 N–H and O–H groups in total. The summed E-state index contributed by atoms with van der Waals surface area (Å²) < 4.78 is 6.36. The summed E-state index contributed by atoms with van der Waals surface area (Å²) in [4.78, 5) is 27.1. The zero-order valence-corrected chi connectivity index (χ0v) is 21.7. The van der Waals surface area contributed by atoms with Crippen molar-refractivity contribution in [2.45, 2.75) is 39.2 Å². The van der Waals surface area contributed by atoms with Gasteiger partial charge in [-0.2, -0.15) is 0 Å². The standard InChI is InChI=1S/C30H32ClNO4/c1-17(2)22-15-23-28(30(35)32(3)29(23)34)24-16-36-26(27(22)24)12-10-19(18-7-5-4-6-8-18)13-20-9-11-21(33)14-25(20)31/h4-9,11,13-14,17,23-24,26,28,33H,10,12,15-16H2,1-3H3/b19-13-/t23-,24+,26-,28-/m1/s1. The van der Waals surface area contributed by atoms with E-state index in [4.69, 9.17) is 16.3 Å². The maximum absolute atomic E-state index is 13.0. The zero-order chi connectivity index (χ0) is 25.6. The van der Waals surface area contributed by atoms with Gasteiger partial charge in [-0.1, -0.05) is 61.4 Å². The molecule has 2 amide bonds. The van der Waals surface area contributed by atoms with E-state index in [1.807, 2.05) is 24.3 Å². The molecule has 2 fully saturated rings. The second kappa shape index (κ2) is 9.87. The van der Waals surface area contributed by atoms with Crippen molar-refractivity contribution in [2.75, 3.05) is 13.7 Å². The van der Waals surface area contributed by atoms with E-state index in [0.29, 0.717) is 24.0 Å². The van der Waals surface area contributed by atoms with Gasteiger partial charge in [-0.05, 0) is 71.7 Å². The molecule has 2 saturated heterocycles. The number of benzene rings is 2. The average Bonchev–Trinajstić information content (AvgIpc) is 3.38. The number of imide groups is 1. The number of ether oxygens (including phenoxy) is 1. The molecule has 0 radical (unpaired) electrons. The van der Waals surface area contributed by atoms with Crippen molar-refractivity contribution in [1.82, 2.24) is 4.90 Å². The van der Waals surface area contributed by atoms with E-state index < -0.39 is 0 Å². The summed E-state index contributed by atoms with van der Waals surface area (Å²) >= 11 is 6.42. The summed E-state index contributed by atoms with van der Waals surface area (Å²) in [6, 6.07) is 15.2. The molecule has 5 rings (SSSR count). The predicted octanol–water partition coefficient (Wildman–Crippen LogP) is 5.97. The summed E-state index contributed by atoms with van der Waals surface area (Å²) in [5.41, 5.74) is 5.61. The third-order valence-corrected chi connectivity index (χ3v) is 8.32. The molecule has 2 heterocycles. The predicted molar refractivity (Wildman–Crippen MR) is 141 cm³/mol. The highest BCUT2D eigenvalue weighted by atomic mass is 35.5. The first-order valence-electron chi connectivity index (χ1n) is 12.7. The van der Waals surface area contributed by atoms with Crippen molar-refractivity contribution in [2.24, 2.45) is 23.7 Å². The molecule has 0 saturated carbocycles. The molecule has 3 aliphatic rings. The lowest BCUT2D eigenvalue weighted by atomic mass is 9.67. The number of halogens is 1. The topological polar surface area (TPSA) is 66.8 Å². The van der Waals surface area contributed by atoms with Crippen LogP contribution in [0.2, 0.25) is 5.02 Å². The molecule has 0 unspecified atom stereocenters. The SMILES string of the molecule is CC(C)C1=C2[C@@H](CC/C(=C/c3ccc(O)cc3Cl)c3ccccc3)OC[C@@H]2[C@@H]2C(=O)N(C)C(=O)[C@@H]2C1. The molecule has 2 aliphatic heterocycles. The van der Waals surface area contributed by atoms with Crippen LogP contribution in [0.25, 0.3) is 11.6 Å². The number of amides is 2. The Kier molecular flexibility index (Phi) is 6.80. The van der Waals surface area contributed by atoms with E-state index in [-0.39, 0.29) is 41.4 Å². The third kappa shape index (κ3) is 4.39. The molecule has 5 nitrogen and oxygen atoms in total. The number of nitrogens with zero attached hydrogens (tertiary/aromatic N) is 1. The monoisotopic (exact) mass is 505 g/mol. The van der Waals surface area contributed by atoms with Gasteiger partial charge in [0.2, 0.25) is 11.8 Å². The van der Waals surface area contributed by atoms with E-state index in [1.54, 1.807) is 19.2 Å². The van der Waals surface area contributed by atoms with Crippen molar-refractivity contribution < 1.29 is 19.4 Å². The van der Waals surface area contributed by atoms with Gasteiger partial charge in [-0.3, -0.25) is 14.5 Å². The van der Waals surface area contributed by atoms with Crippen LogP contribution in [0, 0.1) is 23.7 Å². The van der Waals surface area contributed by atoms with Gasteiger partial charge in [0.1, 0.15) is 5.75 Å². The van der Waals surface area contributed by atoms with E-state index >= 15 is 0 Å². The summed E-state index contributed by atoms with van der Waals surface area (Å²) in [7, 11) is 1.61. The van der Waals surface area contributed by atoms with E-state index in [9.17, 15) is 14.7 Å². The molecule has 2 aromatic rings. The lowest BCUT2D eigenvalue weighted by molar-refractivity contribution is -0.138. The highest BCUT2D eigenvalue weighted by Crippen LogP contribution is 2.51. The maximum atomic E-state index is 13.0.